The van der Waals surface area contributed by atoms with Crippen molar-refractivity contribution < 1.29 is 0 Å². The molecular formula is C12H15ClN2. The maximum atomic E-state index is 5.99. The van der Waals surface area contributed by atoms with E-state index in [1.165, 1.54) is 10.9 Å². The number of fused-ring (bicyclic) bond motifs is 1. The summed E-state index contributed by atoms with van der Waals surface area (Å²) in [4.78, 5) is 0. The van der Waals surface area contributed by atoms with E-state index < -0.39 is 0 Å². The molecule has 80 valence electrons. The molecule has 0 aliphatic rings. The lowest BCUT2D eigenvalue weighted by Gasteiger charge is -2.01. The van der Waals surface area contributed by atoms with Crippen molar-refractivity contribution in [2.75, 3.05) is 0 Å². The quantitative estimate of drug-likeness (QED) is 0.830. The Hall–Kier alpha value is -0.990. The van der Waals surface area contributed by atoms with E-state index in [4.69, 9.17) is 17.3 Å². The lowest BCUT2D eigenvalue weighted by Crippen LogP contribution is -2.03. The summed E-state index contributed by atoms with van der Waals surface area (Å²) in [5.74, 6) is 0. The number of nitrogens with two attached hydrogens (primary N) is 1. The zero-order chi connectivity index (χ0) is 11.0. The number of benzene rings is 1. The molecule has 2 aromatic rings. The van der Waals surface area contributed by atoms with Gasteiger partial charge in [-0.15, -0.1) is 0 Å². The van der Waals surface area contributed by atoms with Crippen molar-refractivity contribution in [3.05, 3.63) is 35.0 Å². The number of aryl methyl sites for hydroxylation is 1. The zero-order valence-corrected chi connectivity index (χ0v) is 9.75. The molecule has 1 atom stereocenters. The van der Waals surface area contributed by atoms with Crippen molar-refractivity contribution in [1.29, 1.82) is 0 Å². The van der Waals surface area contributed by atoms with Gasteiger partial charge in [0.25, 0.3) is 0 Å². The van der Waals surface area contributed by atoms with Crippen LogP contribution in [-0.4, -0.2) is 4.57 Å². The molecular weight excluding hydrogens is 208 g/mol. The van der Waals surface area contributed by atoms with Crippen LogP contribution in [0.5, 0.6) is 0 Å². The van der Waals surface area contributed by atoms with Crippen LogP contribution in [0.1, 0.15) is 25.5 Å². The molecule has 1 unspecified atom stereocenters. The van der Waals surface area contributed by atoms with Crippen LogP contribution in [0.2, 0.25) is 5.02 Å². The topological polar surface area (TPSA) is 30.9 Å². The summed E-state index contributed by atoms with van der Waals surface area (Å²) in [5.41, 5.74) is 8.29. The fourth-order valence-electron chi connectivity index (χ4n) is 1.92. The van der Waals surface area contributed by atoms with Gasteiger partial charge >= 0.3 is 0 Å². The Morgan fingerprint density at radius 1 is 1.47 bits per heavy atom. The van der Waals surface area contributed by atoms with Gasteiger partial charge in [-0.25, -0.2) is 0 Å². The van der Waals surface area contributed by atoms with E-state index in [2.05, 4.69) is 17.7 Å². The average Bonchev–Trinajstić information content (AvgIpc) is 2.55. The van der Waals surface area contributed by atoms with Crippen LogP contribution in [0.15, 0.2) is 24.4 Å². The first-order valence-electron chi connectivity index (χ1n) is 5.17. The predicted molar refractivity (Wildman–Crippen MR) is 65.2 cm³/mol. The van der Waals surface area contributed by atoms with Gasteiger partial charge in [0.05, 0.1) is 0 Å². The molecule has 15 heavy (non-hydrogen) atoms. The Morgan fingerprint density at radius 2 is 2.20 bits per heavy atom. The van der Waals surface area contributed by atoms with Gasteiger partial charge in [0.2, 0.25) is 0 Å². The van der Waals surface area contributed by atoms with Gasteiger partial charge in [-0.3, -0.25) is 0 Å². The highest BCUT2D eigenvalue weighted by atomic mass is 35.5. The maximum Gasteiger partial charge on any atom is 0.0498 e. The minimum Gasteiger partial charge on any atom is -0.347 e. The van der Waals surface area contributed by atoms with Gasteiger partial charge in [-0.1, -0.05) is 17.7 Å². The Bertz CT molecular complexity index is 486. The summed E-state index contributed by atoms with van der Waals surface area (Å²) >= 11 is 5.99. The standard InChI is InChI=1S/C12H15ClN2/c1-3-15-7-11(8(2)14)10-5-4-9(13)6-12(10)15/h4-8H,3,14H2,1-2H3. The van der Waals surface area contributed by atoms with Gasteiger partial charge in [0, 0.05) is 34.7 Å². The molecule has 0 radical (unpaired) electrons. The molecule has 0 saturated carbocycles. The molecule has 0 saturated heterocycles. The highest BCUT2D eigenvalue weighted by molar-refractivity contribution is 6.31. The van der Waals surface area contributed by atoms with Crippen molar-refractivity contribution in [2.45, 2.75) is 26.4 Å². The summed E-state index contributed by atoms with van der Waals surface area (Å²) in [6, 6.07) is 6.01. The molecule has 1 heterocycles. The summed E-state index contributed by atoms with van der Waals surface area (Å²) in [6.45, 7) is 5.05. The summed E-state index contributed by atoms with van der Waals surface area (Å²) in [5, 5.41) is 1.97. The molecule has 0 bridgehead atoms. The van der Waals surface area contributed by atoms with Gasteiger partial charge in [-0.05, 0) is 31.5 Å². The molecule has 0 aliphatic heterocycles. The molecule has 0 aliphatic carbocycles. The van der Waals surface area contributed by atoms with Crippen LogP contribution in [0.3, 0.4) is 0 Å². The summed E-state index contributed by atoms with van der Waals surface area (Å²) in [6.07, 6.45) is 2.12. The fourth-order valence-corrected chi connectivity index (χ4v) is 2.08. The second-order valence-corrected chi connectivity index (χ2v) is 4.26. The Balaban J connectivity index is 2.75. The first-order chi connectivity index (χ1) is 7.13. The third-order valence-electron chi connectivity index (χ3n) is 2.71. The summed E-state index contributed by atoms with van der Waals surface area (Å²) in [7, 11) is 0. The molecule has 0 spiro atoms. The third-order valence-corrected chi connectivity index (χ3v) is 2.94. The van der Waals surface area contributed by atoms with Crippen molar-refractivity contribution in [2.24, 2.45) is 5.73 Å². The molecule has 1 aromatic heterocycles. The minimum atomic E-state index is 0.0569. The van der Waals surface area contributed by atoms with Crippen LogP contribution in [0, 0.1) is 0 Å². The van der Waals surface area contributed by atoms with Crippen LogP contribution in [0.4, 0.5) is 0 Å². The van der Waals surface area contributed by atoms with Gasteiger partial charge < -0.3 is 10.3 Å². The van der Waals surface area contributed by atoms with Gasteiger partial charge in [-0.2, -0.15) is 0 Å². The molecule has 2 nitrogen and oxygen atoms in total. The number of rotatable bonds is 2. The Kier molecular flexibility index (Phi) is 2.72. The third kappa shape index (κ3) is 1.75. The van der Waals surface area contributed by atoms with E-state index in [0.717, 1.165) is 17.1 Å². The van der Waals surface area contributed by atoms with Crippen LogP contribution < -0.4 is 5.73 Å². The normalized spacial score (nSPS) is 13.3. The highest BCUT2D eigenvalue weighted by Gasteiger charge is 2.10. The van der Waals surface area contributed by atoms with Crippen LogP contribution in [-0.2, 0) is 6.54 Å². The predicted octanol–water partition coefficient (Wildman–Crippen LogP) is 3.33. The molecule has 2 rings (SSSR count). The van der Waals surface area contributed by atoms with E-state index in [1.54, 1.807) is 0 Å². The number of aromatic nitrogens is 1. The first kappa shape index (κ1) is 10.5. The molecule has 2 N–H and O–H groups in total. The van der Waals surface area contributed by atoms with Gasteiger partial charge in [0.1, 0.15) is 0 Å². The van der Waals surface area contributed by atoms with E-state index in [-0.39, 0.29) is 6.04 Å². The van der Waals surface area contributed by atoms with Gasteiger partial charge in [0.15, 0.2) is 0 Å². The zero-order valence-electron chi connectivity index (χ0n) is 9.00. The van der Waals surface area contributed by atoms with Crippen LogP contribution >= 0.6 is 11.6 Å². The fraction of sp³-hybridized carbons (Fsp3) is 0.333. The number of hydrogen-bond donors (Lipinski definition) is 1. The van der Waals surface area contributed by atoms with E-state index in [0.29, 0.717) is 0 Å². The monoisotopic (exact) mass is 222 g/mol. The SMILES string of the molecule is CCn1cc(C(C)N)c2ccc(Cl)cc21. The average molecular weight is 223 g/mol. The van der Waals surface area contributed by atoms with Crippen LogP contribution in [0.25, 0.3) is 10.9 Å². The largest absolute Gasteiger partial charge is 0.347 e. The van der Waals surface area contributed by atoms with Crippen molar-refractivity contribution >= 4 is 22.5 Å². The lowest BCUT2D eigenvalue weighted by molar-refractivity contribution is 0.770. The Labute approximate surface area is 94.6 Å². The maximum absolute atomic E-state index is 5.99. The molecule has 0 amide bonds. The molecule has 0 fully saturated rings. The van der Waals surface area contributed by atoms with Crippen molar-refractivity contribution in [3.63, 3.8) is 0 Å². The number of halogens is 1. The number of hydrogen-bond acceptors (Lipinski definition) is 1. The minimum absolute atomic E-state index is 0.0569. The van der Waals surface area contributed by atoms with E-state index >= 15 is 0 Å². The first-order valence-corrected chi connectivity index (χ1v) is 5.55. The smallest absolute Gasteiger partial charge is 0.0498 e. The second-order valence-electron chi connectivity index (χ2n) is 3.82. The van der Waals surface area contributed by atoms with Crippen molar-refractivity contribution in [3.8, 4) is 0 Å². The summed E-state index contributed by atoms with van der Waals surface area (Å²) < 4.78 is 2.18. The Morgan fingerprint density at radius 3 is 2.80 bits per heavy atom. The highest BCUT2D eigenvalue weighted by Crippen LogP contribution is 2.27. The molecule has 3 heteroatoms. The van der Waals surface area contributed by atoms with E-state index in [9.17, 15) is 0 Å². The second kappa shape index (κ2) is 3.87. The van der Waals surface area contributed by atoms with Crippen molar-refractivity contribution in [1.82, 2.24) is 4.57 Å². The van der Waals surface area contributed by atoms with E-state index in [1.807, 2.05) is 25.1 Å². The lowest BCUT2D eigenvalue weighted by atomic mass is 10.1. The molecule has 1 aromatic carbocycles. The number of nitrogens with zero attached hydrogens (tertiary/aromatic N) is 1.